The Bertz CT molecular complexity index is 394. The van der Waals surface area contributed by atoms with Gasteiger partial charge in [0.25, 0.3) is 0 Å². The first-order valence-corrected chi connectivity index (χ1v) is 5.32. The van der Waals surface area contributed by atoms with Crippen LogP contribution in [-0.2, 0) is 4.74 Å². The summed E-state index contributed by atoms with van der Waals surface area (Å²) in [5, 5.41) is 0. The van der Waals surface area contributed by atoms with Crippen molar-refractivity contribution in [3.63, 3.8) is 0 Å². The molecule has 0 bridgehead atoms. The van der Waals surface area contributed by atoms with Crippen molar-refractivity contribution in [3.05, 3.63) is 28.8 Å². The second kappa shape index (κ2) is 5.01. The lowest BCUT2D eigenvalue weighted by molar-refractivity contribution is 0.0374. The average molecular weight is 222 g/mol. The van der Waals surface area contributed by atoms with Crippen LogP contribution in [0.4, 0.5) is 0 Å². The maximum absolute atomic E-state index is 11.8. The van der Waals surface area contributed by atoms with Gasteiger partial charge in [-0.1, -0.05) is 6.07 Å². The predicted octanol–water partition coefficient (Wildman–Crippen LogP) is 2.88. The number of benzene rings is 1. The van der Waals surface area contributed by atoms with Gasteiger partial charge in [-0.05, 0) is 44.9 Å². The van der Waals surface area contributed by atoms with Crippen molar-refractivity contribution in [1.82, 2.24) is 0 Å². The third kappa shape index (κ3) is 2.75. The minimum absolute atomic E-state index is 0.127. The summed E-state index contributed by atoms with van der Waals surface area (Å²) in [5.41, 5.74) is 2.46. The normalized spacial score (nSPS) is 10.4. The molecule has 1 rings (SSSR count). The molecule has 16 heavy (non-hydrogen) atoms. The van der Waals surface area contributed by atoms with Gasteiger partial charge in [0.1, 0.15) is 11.3 Å². The molecule has 0 radical (unpaired) electrons. The van der Waals surface area contributed by atoms with E-state index >= 15 is 0 Å². The third-order valence-electron chi connectivity index (χ3n) is 2.19. The second-order valence-electron chi connectivity index (χ2n) is 4.12. The van der Waals surface area contributed by atoms with Crippen LogP contribution in [0.1, 0.15) is 35.3 Å². The summed E-state index contributed by atoms with van der Waals surface area (Å²) in [5.74, 6) is 0.259. The number of hydrogen-bond donors (Lipinski definition) is 0. The zero-order valence-electron chi connectivity index (χ0n) is 10.5. The fraction of sp³-hybridized carbons (Fsp3) is 0.462. The highest BCUT2D eigenvalue weighted by Crippen LogP contribution is 2.25. The van der Waals surface area contributed by atoms with Crippen LogP contribution in [-0.4, -0.2) is 19.2 Å². The van der Waals surface area contributed by atoms with Gasteiger partial charge in [0.2, 0.25) is 0 Å². The van der Waals surface area contributed by atoms with Crippen LogP contribution in [0, 0.1) is 13.8 Å². The summed E-state index contributed by atoms with van der Waals surface area (Å²) in [6.07, 6.45) is -0.127. The van der Waals surface area contributed by atoms with Crippen LogP contribution in [0.5, 0.6) is 5.75 Å². The molecular weight excluding hydrogens is 204 g/mol. The molecule has 1 aromatic rings. The van der Waals surface area contributed by atoms with Crippen molar-refractivity contribution < 1.29 is 14.3 Å². The maximum atomic E-state index is 11.8. The Hall–Kier alpha value is -1.51. The topological polar surface area (TPSA) is 35.5 Å². The van der Waals surface area contributed by atoms with Crippen LogP contribution in [0.25, 0.3) is 0 Å². The van der Waals surface area contributed by atoms with Gasteiger partial charge in [-0.15, -0.1) is 0 Å². The molecule has 0 heterocycles. The van der Waals surface area contributed by atoms with Crippen molar-refractivity contribution in [3.8, 4) is 5.75 Å². The number of rotatable bonds is 3. The molecule has 0 atom stereocenters. The Morgan fingerprint density at radius 2 is 1.88 bits per heavy atom. The Morgan fingerprint density at radius 3 is 2.38 bits per heavy atom. The van der Waals surface area contributed by atoms with E-state index in [2.05, 4.69) is 0 Å². The van der Waals surface area contributed by atoms with Gasteiger partial charge in [0.15, 0.2) is 0 Å². The summed E-state index contributed by atoms with van der Waals surface area (Å²) >= 11 is 0. The molecule has 0 N–H and O–H groups in total. The molecule has 3 heteroatoms. The lowest BCUT2D eigenvalue weighted by Gasteiger charge is -2.13. The fourth-order valence-corrected chi connectivity index (χ4v) is 1.65. The van der Waals surface area contributed by atoms with Crippen LogP contribution < -0.4 is 4.74 Å². The summed E-state index contributed by atoms with van der Waals surface area (Å²) in [6.45, 7) is 7.51. The van der Waals surface area contributed by atoms with Crippen LogP contribution in [0.3, 0.4) is 0 Å². The van der Waals surface area contributed by atoms with Crippen LogP contribution in [0.15, 0.2) is 12.1 Å². The van der Waals surface area contributed by atoms with E-state index in [1.807, 2.05) is 33.8 Å². The van der Waals surface area contributed by atoms with E-state index in [0.29, 0.717) is 11.3 Å². The number of ether oxygens (including phenoxy) is 2. The van der Waals surface area contributed by atoms with Gasteiger partial charge in [0, 0.05) is 0 Å². The van der Waals surface area contributed by atoms with E-state index in [9.17, 15) is 4.79 Å². The highest BCUT2D eigenvalue weighted by Gasteiger charge is 2.17. The van der Waals surface area contributed by atoms with Gasteiger partial charge in [-0.25, -0.2) is 4.79 Å². The first-order chi connectivity index (χ1) is 7.45. The molecule has 0 aromatic heterocycles. The molecular formula is C13H18O3. The summed E-state index contributed by atoms with van der Waals surface area (Å²) in [7, 11) is 1.56. The van der Waals surface area contributed by atoms with Gasteiger partial charge in [0.05, 0.1) is 13.2 Å². The van der Waals surface area contributed by atoms with Crippen molar-refractivity contribution in [2.45, 2.75) is 33.8 Å². The monoisotopic (exact) mass is 222 g/mol. The molecule has 0 spiro atoms. The number of carbonyl (C=O) groups excluding carboxylic acids is 1. The average Bonchev–Trinajstić information content (AvgIpc) is 2.15. The van der Waals surface area contributed by atoms with Gasteiger partial charge >= 0.3 is 5.97 Å². The number of methoxy groups -OCH3 is 1. The summed E-state index contributed by atoms with van der Waals surface area (Å²) in [4.78, 5) is 11.8. The van der Waals surface area contributed by atoms with Gasteiger partial charge in [-0.2, -0.15) is 0 Å². The van der Waals surface area contributed by atoms with E-state index in [4.69, 9.17) is 9.47 Å². The fourth-order valence-electron chi connectivity index (χ4n) is 1.65. The molecule has 0 aliphatic heterocycles. The van der Waals surface area contributed by atoms with E-state index in [-0.39, 0.29) is 12.1 Å². The predicted molar refractivity (Wildman–Crippen MR) is 63.0 cm³/mol. The Labute approximate surface area is 96.4 Å². The number of esters is 1. The summed E-state index contributed by atoms with van der Waals surface area (Å²) < 4.78 is 10.4. The smallest absolute Gasteiger partial charge is 0.342 e. The van der Waals surface area contributed by atoms with Crippen molar-refractivity contribution in [2.24, 2.45) is 0 Å². The lowest BCUT2D eigenvalue weighted by Crippen LogP contribution is -2.13. The molecule has 0 fully saturated rings. The lowest BCUT2D eigenvalue weighted by atomic mass is 10.1. The number of hydrogen-bond acceptors (Lipinski definition) is 3. The summed E-state index contributed by atoms with van der Waals surface area (Å²) in [6, 6.07) is 3.77. The van der Waals surface area contributed by atoms with Crippen molar-refractivity contribution in [1.29, 1.82) is 0 Å². The van der Waals surface area contributed by atoms with Crippen molar-refractivity contribution >= 4 is 5.97 Å². The minimum Gasteiger partial charge on any atom is -0.496 e. The van der Waals surface area contributed by atoms with Crippen LogP contribution in [0.2, 0.25) is 0 Å². The van der Waals surface area contributed by atoms with Crippen LogP contribution >= 0.6 is 0 Å². The quantitative estimate of drug-likeness (QED) is 0.738. The van der Waals surface area contributed by atoms with Gasteiger partial charge < -0.3 is 9.47 Å². The van der Waals surface area contributed by atoms with E-state index in [1.165, 1.54) is 0 Å². The molecule has 1 aromatic carbocycles. The van der Waals surface area contributed by atoms with Gasteiger partial charge in [-0.3, -0.25) is 0 Å². The molecule has 0 saturated heterocycles. The number of aryl methyl sites for hydroxylation is 2. The molecule has 0 unspecified atom stereocenters. The molecule has 0 aliphatic carbocycles. The highest BCUT2D eigenvalue weighted by atomic mass is 16.5. The largest absolute Gasteiger partial charge is 0.496 e. The first kappa shape index (κ1) is 12.6. The highest BCUT2D eigenvalue weighted by molar-refractivity contribution is 5.93. The maximum Gasteiger partial charge on any atom is 0.342 e. The standard InChI is InChI=1S/C13H18O3/c1-8(2)16-13(14)11-7-9(3)6-10(4)12(11)15-5/h6-8H,1-5H3. The molecule has 3 nitrogen and oxygen atoms in total. The van der Waals surface area contributed by atoms with Crippen molar-refractivity contribution in [2.75, 3.05) is 7.11 Å². The Kier molecular flexibility index (Phi) is 3.93. The molecule has 0 aliphatic rings. The van der Waals surface area contributed by atoms with E-state index in [1.54, 1.807) is 13.2 Å². The SMILES string of the molecule is COc1c(C)cc(C)cc1C(=O)OC(C)C. The second-order valence-corrected chi connectivity index (χ2v) is 4.12. The first-order valence-electron chi connectivity index (χ1n) is 5.32. The third-order valence-corrected chi connectivity index (χ3v) is 2.19. The minimum atomic E-state index is -0.335. The molecule has 0 saturated carbocycles. The Morgan fingerprint density at radius 1 is 1.25 bits per heavy atom. The zero-order chi connectivity index (χ0) is 12.3. The molecule has 88 valence electrons. The van der Waals surface area contributed by atoms with E-state index in [0.717, 1.165) is 11.1 Å². The molecule has 0 amide bonds. The number of carbonyl (C=O) groups is 1. The van der Waals surface area contributed by atoms with E-state index < -0.39 is 0 Å². The zero-order valence-corrected chi connectivity index (χ0v) is 10.5. The Balaban J connectivity index is 3.15.